The molecule has 1 N–H and O–H groups in total. The third kappa shape index (κ3) is 4.16. The smallest absolute Gasteiger partial charge is 0.311 e. The van der Waals surface area contributed by atoms with E-state index >= 15 is 0 Å². The number of hydrogen-bond donors (Lipinski definition) is 1. The molecule has 0 bridgehead atoms. The van der Waals surface area contributed by atoms with Crippen molar-refractivity contribution in [3.63, 3.8) is 0 Å². The van der Waals surface area contributed by atoms with Gasteiger partial charge in [0.25, 0.3) is 5.91 Å². The molecule has 0 fully saturated rings. The maximum atomic E-state index is 12.7. The Balaban J connectivity index is 1.65. The summed E-state index contributed by atoms with van der Waals surface area (Å²) in [6.45, 7) is 0. The summed E-state index contributed by atoms with van der Waals surface area (Å²) >= 11 is 12.2. The normalized spacial score (nSPS) is 10.8. The zero-order valence-corrected chi connectivity index (χ0v) is 17.4. The molecule has 0 atom stereocenters. The Bertz CT molecular complexity index is 1340. The first kappa shape index (κ1) is 20.6. The summed E-state index contributed by atoms with van der Waals surface area (Å²) in [7, 11) is 1.31. The van der Waals surface area contributed by atoms with E-state index in [1.807, 2.05) is 0 Å². The molecule has 1 heterocycles. The van der Waals surface area contributed by atoms with Gasteiger partial charge in [-0.05, 0) is 48.5 Å². The molecule has 0 radical (unpaired) electrons. The van der Waals surface area contributed by atoms with Gasteiger partial charge < -0.3 is 14.5 Å². The second kappa shape index (κ2) is 8.25. The summed E-state index contributed by atoms with van der Waals surface area (Å²) in [6.07, 6.45) is 0. The van der Waals surface area contributed by atoms with E-state index in [2.05, 4.69) is 10.3 Å². The number of ether oxygens (including phenoxy) is 1. The van der Waals surface area contributed by atoms with Gasteiger partial charge in [0.05, 0.1) is 22.7 Å². The van der Waals surface area contributed by atoms with Crippen molar-refractivity contribution in [2.24, 2.45) is 0 Å². The minimum absolute atomic E-state index is 0.0534. The molecule has 0 saturated heterocycles. The fourth-order valence-electron chi connectivity index (χ4n) is 2.95. The van der Waals surface area contributed by atoms with Crippen LogP contribution in [0.25, 0.3) is 22.6 Å². The monoisotopic (exact) mass is 457 g/mol. The summed E-state index contributed by atoms with van der Waals surface area (Å²) in [5.41, 5.74) is 1.78. The molecule has 0 unspecified atom stereocenters. The van der Waals surface area contributed by atoms with Gasteiger partial charge >= 0.3 is 5.69 Å². The molecule has 31 heavy (non-hydrogen) atoms. The van der Waals surface area contributed by atoms with Crippen molar-refractivity contribution >= 4 is 51.6 Å². The van der Waals surface area contributed by atoms with Crippen molar-refractivity contribution in [1.29, 1.82) is 0 Å². The maximum absolute atomic E-state index is 12.7. The van der Waals surface area contributed by atoms with Crippen molar-refractivity contribution in [1.82, 2.24) is 4.98 Å². The predicted octanol–water partition coefficient (Wildman–Crippen LogP) is 5.97. The first-order chi connectivity index (χ1) is 14.9. The van der Waals surface area contributed by atoms with Gasteiger partial charge in [-0.1, -0.05) is 23.2 Å². The van der Waals surface area contributed by atoms with Crippen LogP contribution in [0, 0.1) is 10.1 Å². The highest BCUT2D eigenvalue weighted by Crippen LogP contribution is 2.32. The number of rotatable bonds is 5. The largest absolute Gasteiger partial charge is 0.490 e. The fraction of sp³-hybridized carbons (Fsp3) is 0.0476. The van der Waals surface area contributed by atoms with Crippen LogP contribution in [0.4, 0.5) is 11.4 Å². The Hall–Kier alpha value is -3.62. The Morgan fingerprint density at radius 1 is 1.13 bits per heavy atom. The first-order valence-electron chi connectivity index (χ1n) is 8.85. The number of nitrogens with zero attached hydrogens (tertiary/aromatic N) is 2. The number of halogens is 2. The zero-order valence-electron chi connectivity index (χ0n) is 15.9. The van der Waals surface area contributed by atoms with Crippen molar-refractivity contribution in [2.75, 3.05) is 12.4 Å². The molecule has 4 rings (SSSR count). The number of amides is 1. The number of oxazole rings is 1. The molecule has 4 aromatic rings. The van der Waals surface area contributed by atoms with Gasteiger partial charge in [-0.15, -0.1) is 0 Å². The summed E-state index contributed by atoms with van der Waals surface area (Å²) < 4.78 is 10.7. The number of nitro benzene ring substituents is 1. The van der Waals surface area contributed by atoms with E-state index in [0.717, 1.165) is 6.07 Å². The number of benzene rings is 3. The van der Waals surface area contributed by atoms with Gasteiger partial charge in [0.1, 0.15) is 5.52 Å². The van der Waals surface area contributed by atoms with E-state index in [1.165, 1.54) is 19.2 Å². The van der Waals surface area contributed by atoms with Crippen LogP contribution in [0.5, 0.6) is 5.75 Å². The number of aromatic nitrogens is 1. The van der Waals surface area contributed by atoms with E-state index in [-0.39, 0.29) is 22.0 Å². The van der Waals surface area contributed by atoms with Gasteiger partial charge in [-0.2, -0.15) is 0 Å². The Kier molecular flexibility index (Phi) is 5.50. The van der Waals surface area contributed by atoms with Crippen LogP contribution >= 0.6 is 23.2 Å². The van der Waals surface area contributed by atoms with Gasteiger partial charge in [0, 0.05) is 22.2 Å². The number of methoxy groups -OCH3 is 1. The van der Waals surface area contributed by atoms with Gasteiger partial charge in [0.2, 0.25) is 5.89 Å². The SMILES string of the molecule is COc1ccc(C(=O)Nc2cc(-c3nc4cc(Cl)ccc4o3)ccc2Cl)cc1[N+](=O)[O-]. The second-order valence-corrected chi connectivity index (χ2v) is 7.27. The Labute approximate surface area is 185 Å². The zero-order chi connectivity index (χ0) is 22.1. The van der Waals surface area contributed by atoms with Crippen LogP contribution in [-0.2, 0) is 0 Å². The Morgan fingerprint density at radius 3 is 2.68 bits per heavy atom. The number of anilines is 1. The van der Waals surface area contributed by atoms with E-state index in [1.54, 1.807) is 36.4 Å². The molecule has 0 spiro atoms. The highest BCUT2D eigenvalue weighted by Gasteiger charge is 2.19. The third-order valence-electron chi connectivity index (χ3n) is 4.45. The van der Waals surface area contributed by atoms with E-state index in [4.69, 9.17) is 32.4 Å². The summed E-state index contributed by atoms with van der Waals surface area (Å²) in [6, 6.07) is 13.9. The number of hydrogen-bond acceptors (Lipinski definition) is 6. The molecule has 1 aromatic heterocycles. The van der Waals surface area contributed by atoms with Crippen molar-refractivity contribution < 1.29 is 18.9 Å². The molecule has 3 aromatic carbocycles. The number of carbonyl (C=O) groups excluding carboxylic acids is 1. The molecule has 0 aliphatic carbocycles. The molecule has 10 heteroatoms. The molecule has 1 amide bonds. The molecular weight excluding hydrogens is 445 g/mol. The molecule has 8 nitrogen and oxygen atoms in total. The van der Waals surface area contributed by atoms with Gasteiger partial charge in [0.15, 0.2) is 11.3 Å². The average molecular weight is 458 g/mol. The van der Waals surface area contributed by atoms with Crippen molar-refractivity contribution in [2.45, 2.75) is 0 Å². The lowest BCUT2D eigenvalue weighted by atomic mass is 10.1. The van der Waals surface area contributed by atoms with Crippen LogP contribution in [0.3, 0.4) is 0 Å². The molecule has 0 aliphatic heterocycles. The third-order valence-corrected chi connectivity index (χ3v) is 5.01. The van der Waals surface area contributed by atoms with Crippen LogP contribution in [0.2, 0.25) is 10.0 Å². The van der Waals surface area contributed by atoms with E-state index in [9.17, 15) is 14.9 Å². The number of nitrogens with one attached hydrogen (secondary N) is 1. The lowest BCUT2D eigenvalue weighted by Crippen LogP contribution is -2.12. The molecule has 0 saturated carbocycles. The van der Waals surface area contributed by atoms with Crippen LogP contribution in [0.15, 0.2) is 59.0 Å². The van der Waals surface area contributed by atoms with Crippen LogP contribution in [0.1, 0.15) is 10.4 Å². The second-order valence-electron chi connectivity index (χ2n) is 6.42. The predicted molar refractivity (Wildman–Crippen MR) is 117 cm³/mol. The number of nitro groups is 1. The standard InChI is InChI=1S/C21H13Cl2N3O5/c1-30-19-6-3-11(9-17(19)26(28)29)20(27)24-15-8-12(2-5-14(15)23)21-25-16-10-13(22)4-7-18(16)31-21/h2-10H,1H3,(H,24,27). The summed E-state index contributed by atoms with van der Waals surface area (Å²) in [4.78, 5) is 27.7. The molecular formula is C21H13Cl2N3O5. The van der Waals surface area contributed by atoms with Crippen LogP contribution in [-0.4, -0.2) is 22.9 Å². The maximum Gasteiger partial charge on any atom is 0.311 e. The number of carbonyl (C=O) groups is 1. The average Bonchev–Trinajstić information content (AvgIpc) is 3.17. The molecule has 156 valence electrons. The lowest BCUT2D eigenvalue weighted by molar-refractivity contribution is -0.385. The van der Waals surface area contributed by atoms with Crippen molar-refractivity contribution in [3.8, 4) is 17.2 Å². The highest BCUT2D eigenvalue weighted by atomic mass is 35.5. The summed E-state index contributed by atoms with van der Waals surface area (Å²) in [5.74, 6) is -0.198. The highest BCUT2D eigenvalue weighted by molar-refractivity contribution is 6.34. The quantitative estimate of drug-likeness (QED) is 0.292. The van der Waals surface area contributed by atoms with Crippen LogP contribution < -0.4 is 10.1 Å². The Morgan fingerprint density at radius 2 is 1.94 bits per heavy atom. The minimum Gasteiger partial charge on any atom is -0.490 e. The first-order valence-corrected chi connectivity index (χ1v) is 9.61. The summed E-state index contributed by atoms with van der Waals surface area (Å²) in [5, 5.41) is 14.7. The topological polar surface area (TPSA) is 108 Å². The van der Waals surface area contributed by atoms with E-state index in [0.29, 0.717) is 33.3 Å². The van der Waals surface area contributed by atoms with Gasteiger partial charge in [-0.25, -0.2) is 4.98 Å². The minimum atomic E-state index is -0.622. The molecule has 0 aliphatic rings. The van der Waals surface area contributed by atoms with Gasteiger partial charge in [-0.3, -0.25) is 14.9 Å². The van der Waals surface area contributed by atoms with Crippen molar-refractivity contribution in [3.05, 3.63) is 80.3 Å². The van der Waals surface area contributed by atoms with E-state index < -0.39 is 10.8 Å². The fourth-order valence-corrected chi connectivity index (χ4v) is 3.28. The number of fused-ring (bicyclic) bond motifs is 1. The lowest BCUT2D eigenvalue weighted by Gasteiger charge is -2.09.